The van der Waals surface area contributed by atoms with Gasteiger partial charge in [-0.1, -0.05) is 36.8 Å². The average molecular weight is 294 g/mol. The van der Waals surface area contributed by atoms with Gasteiger partial charge in [-0.25, -0.2) is 13.4 Å². The Kier molecular flexibility index (Phi) is 4.25. The molecule has 0 aliphatic carbocycles. The Hall–Kier alpha value is -1.66. The maximum absolute atomic E-state index is 12.1. The van der Waals surface area contributed by atoms with Crippen LogP contribution in [0.1, 0.15) is 12.5 Å². The van der Waals surface area contributed by atoms with Crippen molar-refractivity contribution in [3.8, 4) is 11.3 Å². The average Bonchev–Trinajstić information content (AvgIpc) is 2.85. The Labute approximate surface area is 119 Å². The molecule has 0 fully saturated rings. The summed E-state index contributed by atoms with van der Waals surface area (Å²) in [6, 6.07) is 7.80. The number of sulfone groups is 1. The highest BCUT2D eigenvalue weighted by Gasteiger charge is 2.21. The summed E-state index contributed by atoms with van der Waals surface area (Å²) in [6.45, 7) is 3.76. The minimum Gasteiger partial charge on any atom is -0.364 e. The molecule has 1 aromatic heterocycles. The Balaban J connectivity index is 2.52. The molecule has 0 saturated heterocycles. The first-order valence-corrected chi connectivity index (χ1v) is 7.99. The highest BCUT2D eigenvalue weighted by molar-refractivity contribution is 7.91. The molecule has 0 radical (unpaired) electrons. The third-order valence-electron chi connectivity index (χ3n) is 3.01. The van der Waals surface area contributed by atoms with Gasteiger partial charge in [0.25, 0.3) is 0 Å². The zero-order chi connectivity index (χ0) is 14.8. The second-order valence-corrected chi connectivity index (χ2v) is 6.74. The van der Waals surface area contributed by atoms with E-state index in [0.29, 0.717) is 5.69 Å². The molecule has 0 unspecified atom stereocenters. The minimum atomic E-state index is -3.37. The summed E-state index contributed by atoms with van der Waals surface area (Å²) in [5.41, 5.74) is 2.67. The number of nitrogens with zero attached hydrogens (tertiary/aromatic N) is 2. The normalized spacial score (nSPS) is 11.8. The van der Waals surface area contributed by atoms with Crippen LogP contribution in [0.2, 0.25) is 0 Å². The van der Waals surface area contributed by atoms with Crippen molar-refractivity contribution in [1.82, 2.24) is 9.55 Å². The van der Waals surface area contributed by atoms with E-state index < -0.39 is 9.84 Å². The van der Waals surface area contributed by atoms with E-state index in [9.17, 15) is 8.42 Å². The third-order valence-corrected chi connectivity index (χ3v) is 4.66. The SMILES string of the molecule is CCS(=O)(=O)c1nc(-c2ccc(C)cc2)cn1COC. The minimum absolute atomic E-state index is 0.0149. The van der Waals surface area contributed by atoms with E-state index in [1.165, 1.54) is 11.7 Å². The highest BCUT2D eigenvalue weighted by atomic mass is 32.2. The van der Waals surface area contributed by atoms with Gasteiger partial charge >= 0.3 is 0 Å². The standard InChI is InChI=1S/C14H18N2O3S/c1-4-20(17,18)14-15-13(9-16(14)10-19-3)12-7-5-11(2)6-8-12/h5-9H,4,10H2,1-3H3. The number of ether oxygens (including phenoxy) is 1. The molecule has 1 aromatic carbocycles. The number of benzene rings is 1. The molecule has 0 saturated carbocycles. The van der Waals surface area contributed by atoms with Crippen LogP contribution < -0.4 is 0 Å². The maximum Gasteiger partial charge on any atom is 0.230 e. The van der Waals surface area contributed by atoms with Crippen LogP contribution in [0.15, 0.2) is 35.6 Å². The molecule has 2 rings (SSSR count). The lowest BCUT2D eigenvalue weighted by atomic mass is 10.1. The first-order valence-electron chi connectivity index (χ1n) is 6.34. The molecule has 0 bridgehead atoms. The molecular weight excluding hydrogens is 276 g/mol. The maximum atomic E-state index is 12.1. The van der Waals surface area contributed by atoms with Crippen molar-refractivity contribution in [2.75, 3.05) is 12.9 Å². The predicted octanol–water partition coefficient (Wildman–Crippen LogP) is 2.26. The summed E-state index contributed by atoms with van der Waals surface area (Å²) in [5.74, 6) is 0.0149. The molecular formula is C14H18N2O3S. The van der Waals surface area contributed by atoms with Crippen LogP contribution in [-0.2, 0) is 21.3 Å². The Morgan fingerprint density at radius 1 is 1.25 bits per heavy atom. The number of hydrogen-bond acceptors (Lipinski definition) is 4. The summed E-state index contributed by atoms with van der Waals surface area (Å²) >= 11 is 0. The van der Waals surface area contributed by atoms with Crippen LogP contribution in [0.4, 0.5) is 0 Å². The van der Waals surface area contributed by atoms with Crippen LogP contribution in [0.25, 0.3) is 11.3 Å². The molecule has 6 heteroatoms. The second kappa shape index (κ2) is 5.76. The smallest absolute Gasteiger partial charge is 0.230 e. The first kappa shape index (κ1) is 14.7. The van der Waals surface area contributed by atoms with Gasteiger partial charge in [-0.15, -0.1) is 0 Å². The molecule has 0 N–H and O–H groups in total. The van der Waals surface area contributed by atoms with Gasteiger partial charge in [0.1, 0.15) is 6.73 Å². The van der Waals surface area contributed by atoms with E-state index in [-0.39, 0.29) is 17.6 Å². The summed E-state index contributed by atoms with van der Waals surface area (Å²) in [5, 5.41) is 0.0532. The zero-order valence-corrected chi connectivity index (χ0v) is 12.6. The van der Waals surface area contributed by atoms with Crippen LogP contribution >= 0.6 is 0 Å². The molecule has 0 aliphatic rings. The summed E-state index contributed by atoms with van der Waals surface area (Å²) in [6.07, 6.45) is 1.71. The lowest BCUT2D eigenvalue weighted by Gasteiger charge is -2.04. The zero-order valence-electron chi connectivity index (χ0n) is 11.8. The van der Waals surface area contributed by atoms with Crippen molar-refractivity contribution >= 4 is 9.84 Å². The first-order chi connectivity index (χ1) is 9.47. The molecule has 108 valence electrons. The summed E-state index contributed by atoms with van der Waals surface area (Å²) in [4.78, 5) is 4.27. The molecule has 5 nitrogen and oxygen atoms in total. The number of rotatable bonds is 5. The Bertz CT molecular complexity index is 688. The fourth-order valence-electron chi connectivity index (χ4n) is 1.87. The van der Waals surface area contributed by atoms with Crippen molar-refractivity contribution in [3.05, 3.63) is 36.0 Å². The molecule has 20 heavy (non-hydrogen) atoms. The van der Waals surface area contributed by atoms with E-state index in [1.54, 1.807) is 13.1 Å². The van der Waals surface area contributed by atoms with E-state index >= 15 is 0 Å². The third kappa shape index (κ3) is 2.91. The van der Waals surface area contributed by atoms with Gasteiger partial charge < -0.3 is 4.74 Å². The number of methoxy groups -OCH3 is 1. The molecule has 1 heterocycles. The van der Waals surface area contributed by atoms with Gasteiger partial charge in [0.15, 0.2) is 0 Å². The quantitative estimate of drug-likeness (QED) is 0.848. The van der Waals surface area contributed by atoms with Crippen LogP contribution in [0.5, 0.6) is 0 Å². The second-order valence-electron chi connectivity index (χ2n) is 4.57. The van der Waals surface area contributed by atoms with E-state index in [4.69, 9.17) is 4.74 Å². The van der Waals surface area contributed by atoms with E-state index in [1.807, 2.05) is 31.2 Å². The van der Waals surface area contributed by atoms with Gasteiger partial charge in [0.2, 0.25) is 15.0 Å². The predicted molar refractivity (Wildman–Crippen MR) is 77.1 cm³/mol. The molecule has 0 spiro atoms. The summed E-state index contributed by atoms with van der Waals surface area (Å²) < 4.78 is 30.7. The van der Waals surface area contributed by atoms with Gasteiger partial charge in [-0.05, 0) is 6.92 Å². The molecule has 0 amide bonds. The van der Waals surface area contributed by atoms with Crippen molar-refractivity contribution < 1.29 is 13.2 Å². The Morgan fingerprint density at radius 3 is 2.45 bits per heavy atom. The highest BCUT2D eigenvalue weighted by Crippen LogP contribution is 2.22. The number of aromatic nitrogens is 2. The molecule has 0 aliphatic heterocycles. The number of aryl methyl sites for hydroxylation is 1. The largest absolute Gasteiger partial charge is 0.364 e. The lowest BCUT2D eigenvalue weighted by molar-refractivity contribution is 0.123. The van der Waals surface area contributed by atoms with Crippen molar-refractivity contribution in [2.24, 2.45) is 0 Å². The topological polar surface area (TPSA) is 61.2 Å². The van der Waals surface area contributed by atoms with E-state index in [2.05, 4.69) is 4.98 Å². The van der Waals surface area contributed by atoms with E-state index in [0.717, 1.165) is 11.1 Å². The monoisotopic (exact) mass is 294 g/mol. The van der Waals surface area contributed by atoms with Gasteiger partial charge in [-0.3, -0.25) is 4.57 Å². The van der Waals surface area contributed by atoms with Crippen molar-refractivity contribution in [1.29, 1.82) is 0 Å². The fraction of sp³-hybridized carbons (Fsp3) is 0.357. The molecule has 2 aromatic rings. The number of hydrogen-bond donors (Lipinski definition) is 0. The summed E-state index contributed by atoms with van der Waals surface area (Å²) in [7, 11) is -1.85. The van der Waals surface area contributed by atoms with Crippen LogP contribution in [0, 0.1) is 6.92 Å². The Morgan fingerprint density at radius 2 is 1.90 bits per heavy atom. The van der Waals surface area contributed by atoms with Crippen LogP contribution in [-0.4, -0.2) is 30.8 Å². The van der Waals surface area contributed by atoms with Gasteiger partial charge in [0, 0.05) is 18.9 Å². The van der Waals surface area contributed by atoms with Crippen molar-refractivity contribution in [2.45, 2.75) is 25.7 Å². The van der Waals surface area contributed by atoms with Gasteiger partial charge in [-0.2, -0.15) is 0 Å². The fourth-order valence-corrected chi connectivity index (χ4v) is 2.83. The lowest BCUT2D eigenvalue weighted by Crippen LogP contribution is -2.13. The van der Waals surface area contributed by atoms with Crippen LogP contribution in [0.3, 0.4) is 0 Å². The van der Waals surface area contributed by atoms with Gasteiger partial charge in [0.05, 0.1) is 11.4 Å². The number of imidazole rings is 1. The van der Waals surface area contributed by atoms with Crippen molar-refractivity contribution in [3.63, 3.8) is 0 Å². The molecule has 0 atom stereocenters.